The summed E-state index contributed by atoms with van der Waals surface area (Å²) < 4.78 is 0.769. The Balaban J connectivity index is 2.48. The summed E-state index contributed by atoms with van der Waals surface area (Å²) in [6, 6.07) is 10.2. The number of nitrogens with one attached hydrogen (secondary N) is 2. The predicted molar refractivity (Wildman–Crippen MR) is 85.1 cm³/mol. The van der Waals surface area contributed by atoms with Crippen LogP contribution in [0.25, 0.3) is 0 Å². The lowest BCUT2D eigenvalue weighted by molar-refractivity contribution is -0.383. The van der Waals surface area contributed by atoms with Gasteiger partial charge in [0.2, 0.25) is 0 Å². The molecule has 0 fully saturated rings. The lowest BCUT2D eigenvalue weighted by Crippen LogP contribution is -2.01. The van der Waals surface area contributed by atoms with E-state index in [0.717, 1.165) is 4.47 Å². The van der Waals surface area contributed by atoms with Gasteiger partial charge in [-0.15, -0.1) is 0 Å². The minimum atomic E-state index is -0.424. The molecule has 2 rings (SSSR count). The average molecular weight is 357 g/mol. The second kappa shape index (κ2) is 6.11. The van der Waals surface area contributed by atoms with E-state index >= 15 is 0 Å². The van der Waals surface area contributed by atoms with Crippen molar-refractivity contribution in [2.24, 2.45) is 0 Å². The van der Waals surface area contributed by atoms with Gasteiger partial charge in [0.15, 0.2) is 0 Å². The molecule has 0 aromatic heterocycles. The fourth-order valence-corrected chi connectivity index (χ4v) is 2.30. The minimum Gasteiger partial charge on any atom is -0.382 e. The van der Waals surface area contributed by atoms with Crippen molar-refractivity contribution < 1.29 is 4.92 Å². The van der Waals surface area contributed by atoms with Crippen molar-refractivity contribution in [3.05, 3.63) is 56.0 Å². The van der Waals surface area contributed by atoms with E-state index in [1.165, 1.54) is 0 Å². The highest BCUT2D eigenvalue weighted by atomic mass is 79.9. The van der Waals surface area contributed by atoms with Crippen LogP contribution in [-0.4, -0.2) is 12.0 Å². The topological polar surface area (TPSA) is 67.2 Å². The predicted octanol–water partition coefficient (Wildman–Crippen LogP) is 4.80. The number of hydrogen-bond donors (Lipinski definition) is 2. The molecule has 0 saturated carbocycles. The maximum absolute atomic E-state index is 11.2. The summed E-state index contributed by atoms with van der Waals surface area (Å²) in [6.45, 7) is 0. The first kappa shape index (κ1) is 14.6. The number of nitro groups is 1. The van der Waals surface area contributed by atoms with E-state index in [1.54, 1.807) is 43.4 Å². The van der Waals surface area contributed by atoms with Crippen molar-refractivity contribution in [1.82, 2.24) is 0 Å². The SMILES string of the molecule is CNc1cccc(Nc2cc(Cl)ccc2Br)c1[N+](=O)[O-]. The molecular formula is C13H11BrClN3O2. The monoisotopic (exact) mass is 355 g/mol. The molecule has 0 amide bonds. The Labute approximate surface area is 129 Å². The molecular weight excluding hydrogens is 346 g/mol. The van der Waals surface area contributed by atoms with Crippen LogP contribution in [0.3, 0.4) is 0 Å². The average Bonchev–Trinajstić information content (AvgIpc) is 2.42. The zero-order valence-corrected chi connectivity index (χ0v) is 12.8. The number of benzene rings is 2. The summed E-state index contributed by atoms with van der Waals surface area (Å²) >= 11 is 9.32. The highest BCUT2D eigenvalue weighted by molar-refractivity contribution is 9.10. The first-order valence-electron chi connectivity index (χ1n) is 5.70. The number of rotatable bonds is 4. The maximum Gasteiger partial charge on any atom is 0.315 e. The molecule has 0 spiro atoms. The van der Waals surface area contributed by atoms with E-state index in [-0.39, 0.29) is 5.69 Å². The van der Waals surface area contributed by atoms with Crippen LogP contribution in [0.15, 0.2) is 40.9 Å². The molecule has 0 unspecified atom stereocenters. The van der Waals surface area contributed by atoms with Crippen molar-refractivity contribution in [1.29, 1.82) is 0 Å². The lowest BCUT2D eigenvalue weighted by atomic mass is 10.2. The van der Waals surface area contributed by atoms with Gasteiger partial charge in [-0.1, -0.05) is 17.7 Å². The number of nitrogens with zero attached hydrogens (tertiary/aromatic N) is 1. The van der Waals surface area contributed by atoms with E-state index < -0.39 is 4.92 Å². The maximum atomic E-state index is 11.2. The fourth-order valence-electron chi connectivity index (χ4n) is 1.78. The smallest absolute Gasteiger partial charge is 0.315 e. The Morgan fingerprint density at radius 2 is 1.90 bits per heavy atom. The van der Waals surface area contributed by atoms with Crippen LogP contribution < -0.4 is 10.6 Å². The quantitative estimate of drug-likeness (QED) is 0.610. The van der Waals surface area contributed by atoms with E-state index in [4.69, 9.17) is 11.6 Å². The zero-order valence-electron chi connectivity index (χ0n) is 10.5. The van der Waals surface area contributed by atoms with Gasteiger partial charge in [0, 0.05) is 16.5 Å². The van der Waals surface area contributed by atoms with E-state index in [0.29, 0.717) is 22.1 Å². The number of nitro benzene ring substituents is 1. The van der Waals surface area contributed by atoms with Gasteiger partial charge >= 0.3 is 5.69 Å². The molecule has 2 aromatic rings. The summed E-state index contributed by atoms with van der Waals surface area (Å²) in [4.78, 5) is 10.8. The second-order valence-corrected chi connectivity index (χ2v) is 5.25. The van der Waals surface area contributed by atoms with Gasteiger partial charge in [-0.2, -0.15) is 0 Å². The first-order chi connectivity index (χ1) is 9.52. The number of para-hydroxylation sites is 1. The Morgan fingerprint density at radius 3 is 2.55 bits per heavy atom. The van der Waals surface area contributed by atoms with E-state index in [2.05, 4.69) is 26.6 Å². The molecule has 0 heterocycles. The van der Waals surface area contributed by atoms with Crippen LogP contribution in [0.1, 0.15) is 0 Å². The second-order valence-electron chi connectivity index (χ2n) is 3.96. The van der Waals surface area contributed by atoms with Crippen LogP contribution >= 0.6 is 27.5 Å². The number of halogens is 2. The van der Waals surface area contributed by atoms with E-state index in [1.807, 2.05) is 0 Å². The molecule has 0 aliphatic carbocycles. The number of hydrogen-bond acceptors (Lipinski definition) is 4. The van der Waals surface area contributed by atoms with Crippen LogP contribution in [0.4, 0.5) is 22.7 Å². The molecule has 2 N–H and O–H groups in total. The summed E-state index contributed by atoms with van der Waals surface area (Å²) in [6.07, 6.45) is 0. The Kier molecular flexibility index (Phi) is 4.46. The summed E-state index contributed by atoms with van der Waals surface area (Å²) in [5.74, 6) is 0. The van der Waals surface area contributed by atoms with Gasteiger partial charge < -0.3 is 10.6 Å². The minimum absolute atomic E-state index is 0.0122. The van der Waals surface area contributed by atoms with Crippen molar-refractivity contribution >= 4 is 50.3 Å². The van der Waals surface area contributed by atoms with Crippen molar-refractivity contribution in [2.45, 2.75) is 0 Å². The van der Waals surface area contributed by atoms with Crippen LogP contribution in [0.5, 0.6) is 0 Å². The Bertz CT molecular complexity index is 664. The normalized spacial score (nSPS) is 10.2. The lowest BCUT2D eigenvalue weighted by Gasteiger charge is -2.11. The number of anilines is 3. The Morgan fingerprint density at radius 1 is 1.20 bits per heavy atom. The van der Waals surface area contributed by atoms with Gasteiger partial charge in [0.05, 0.1) is 10.6 Å². The molecule has 104 valence electrons. The fraction of sp³-hybridized carbons (Fsp3) is 0.0769. The van der Waals surface area contributed by atoms with Crippen molar-refractivity contribution in [2.75, 3.05) is 17.7 Å². The van der Waals surface area contributed by atoms with Crippen LogP contribution in [0, 0.1) is 10.1 Å². The molecule has 0 aliphatic heterocycles. The Hall–Kier alpha value is -1.79. The highest BCUT2D eigenvalue weighted by Gasteiger charge is 2.19. The third kappa shape index (κ3) is 3.02. The summed E-state index contributed by atoms with van der Waals surface area (Å²) in [5.41, 5.74) is 1.48. The zero-order chi connectivity index (χ0) is 14.7. The molecule has 0 saturated heterocycles. The third-order valence-electron chi connectivity index (χ3n) is 2.69. The van der Waals surface area contributed by atoms with Gasteiger partial charge in [-0.05, 0) is 46.3 Å². The standard InChI is InChI=1S/C13H11BrClN3O2/c1-16-10-3-2-4-11(13(10)18(19)20)17-12-7-8(15)5-6-9(12)14/h2-7,16-17H,1H3. The van der Waals surface area contributed by atoms with Gasteiger partial charge in [-0.25, -0.2) is 0 Å². The molecule has 0 aliphatic rings. The largest absolute Gasteiger partial charge is 0.382 e. The van der Waals surface area contributed by atoms with Crippen molar-refractivity contribution in [3.63, 3.8) is 0 Å². The highest BCUT2D eigenvalue weighted by Crippen LogP contribution is 2.36. The summed E-state index contributed by atoms with van der Waals surface area (Å²) in [5, 5.41) is 17.6. The molecule has 20 heavy (non-hydrogen) atoms. The molecule has 0 bridgehead atoms. The molecule has 7 heteroatoms. The molecule has 5 nitrogen and oxygen atoms in total. The summed E-state index contributed by atoms with van der Waals surface area (Å²) in [7, 11) is 1.64. The van der Waals surface area contributed by atoms with E-state index in [9.17, 15) is 10.1 Å². The molecule has 0 radical (unpaired) electrons. The molecule has 2 aromatic carbocycles. The van der Waals surface area contributed by atoms with Crippen LogP contribution in [0.2, 0.25) is 5.02 Å². The van der Waals surface area contributed by atoms with Gasteiger partial charge in [-0.3, -0.25) is 10.1 Å². The first-order valence-corrected chi connectivity index (χ1v) is 6.87. The van der Waals surface area contributed by atoms with Gasteiger partial charge in [0.25, 0.3) is 0 Å². The van der Waals surface area contributed by atoms with Gasteiger partial charge in [0.1, 0.15) is 11.4 Å². The van der Waals surface area contributed by atoms with Crippen LogP contribution in [-0.2, 0) is 0 Å². The molecule has 0 atom stereocenters. The third-order valence-corrected chi connectivity index (χ3v) is 3.61. The van der Waals surface area contributed by atoms with Crippen molar-refractivity contribution in [3.8, 4) is 0 Å².